The highest BCUT2D eigenvalue weighted by atomic mass is 16.8. The van der Waals surface area contributed by atoms with E-state index >= 15 is 0 Å². The van der Waals surface area contributed by atoms with Gasteiger partial charge >= 0.3 is 0 Å². The second-order valence-electron chi connectivity index (χ2n) is 27.5. The summed E-state index contributed by atoms with van der Waals surface area (Å²) in [6.07, 6.45) is 44.0. The van der Waals surface area contributed by atoms with E-state index in [1.807, 2.05) is 6.08 Å². The Balaban J connectivity index is 1.38. The molecule has 0 radical (unpaired) electrons. The van der Waals surface area contributed by atoms with Crippen molar-refractivity contribution in [3.8, 4) is 0 Å². The highest BCUT2D eigenvalue weighted by Crippen LogP contribution is 2.33. The molecule has 0 aromatic heterocycles. The number of rotatable bonds is 60. The summed E-state index contributed by atoms with van der Waals surface area (Å²) < 4.78 is 34.4. The summed E-state index contributed by atoms with van der Waals surface area (Å²) in [4.78, 5) is 13.4. The molecule has 0 aliphatic carbocycles. The standard InChI is InChI=1S/C76H139NO18/c1-3-5-7-9-11-13-15-17-19-21-22-23-24-25-26-27-28-29-30-31-32-33-34-35-36-38-39-41-43-45-47-49-51-53-60(81)59(77-64(82)54-52-50-48-46-44-42-40-37-20-18-16-14-12-10-8-6-4-2)58-90-74-70(88)67(85)72(62(56-79)92-74)95-76-71(89)68(86)73(63(57-80)93-76)94-75-69(87)66(84)65(83)61(55-78)91-75/h12,14,18,20,43,45,51,53,59-63,65-76,78-81,83-89H,3-11,13,15-17,19,21-42,44,46-50,52,54-58H2,1-2H3,(H,77,82)/b14-12-,20-18-,45-43+,53-51+. The van der Waals surface area contributed by atoms with Gasteiger partial charge in [-0.05, 0) is 64.2 Å². The van der Waals surface area contributed by atoms with Crippen LogP contribution < -0.4 is 5.32 Å². The van der Waals surface area contributed by atoms with E-state index in [0.717, 1.165) is 77.0 Å². The summed E-state index contributed by atoms with van der Waals surface area (Å²) >= 11 is 0. The highest BCUT2D eigenvalue weighted by Gasteiger charge is 2.53. The number of aliphatic hydroxyl groups excluding tert-OH is 11. The second-order valence-corrected chi connectivity index (χ2v) is 27.5. The summed E-state index contributed by atoms with van der Waals surface area (Å²) in [5.41, 5.74) is 0. The van der Waals surface area contributed by atoms with Gasteiger partial charge < -0.3 is 89.9 Å². The van der Waals surface area contributed by atoms with Crippen molar-refractivity contribution in [1.82, 2.24) is 5.32 Å². The van der Waals surface area contributed by atoms with Gasteiger partial charge in [0.1, 0.15) is 73.2 Å². The van der Waals surface area contributed by atoms with Gasteiger partial charge in [0.25, 0.3) is 0 Å². The predicted molar refractivity (Wildman–Crippen MR) is 374 cm³/mol. The number of unbranched alkanes of at least 4 members (excludes halogenated alkanes) is 38. The number of ether oxygens (including phenoxy) is 6. The van der Waals surface area contributed by atoms with Crippen LogP contribution in [-0.4, -0.2) is 193 Å². The molecule has 19 heteroatoms. The number of hydrogen-bond donors (Lipinski definition) is 12. The van der Waals surface area contributed by atoms with Crippen LogP contribution in [-0.2, 0) is 33.2 Å². The molecule has 1 amide bonds. The van der Waals surface area contributed by atoms with E-state index in [0.29, 0.717) is 12.8 Å². The summed E-state index contributed by atoms with van der Waals surface area (Å²) in [6, 6.07) is -0.996. The number of carbonyl (C=O) groups excluding carboxylic acids is 1. The summed E-state index contributed by atoms with van der Waals surface area (Å²) in [5, 5.41) is 121. The van der Waals surface area contributed by atoms with Crippen LogP contribution in [0.25, 0.3) is 0 Å². The van der Waals surface area contributed by atoms with Crippen molar-refractivity contribution < 1.29 is 89.4 Å². The lowest BCUT2D eigenvalue weighted by Crippen LogP contribution is -2.66. The van der Waals surface area contributed by atoms with Crippen molar-refractivity contribution in [2.45, 2.75) is 401 Å². The fourth-order valence-corrected chi connectivity index (χ4v) is 12.9. The van der Waals surface area contributed by atoms with Gasteiger partial charge in [-0.1, -0.05) is 274 Å². The van der Waals surface area contributed by atoms with Gasteiger partial charge in [-0.25, -0.2) is 0 Å². The molecular formula is C76H139NO18. The average molecular weight is 1350 g/mol. The van der Waals surface area contributed by atoms with Crippen molar-refractivity contribution in [3.63, 3.8) is 0 Å². The third-order valence-corrected chi connectivity index (χ3v) is 19.1. The van der Waals surface area contributed by atoms with E-state index in [2.05, 4.69) is 55.6 Å². The molecule has 3 fully saturated rings. The van der Waals surface area contributed by atoms with Gasteiger partial charge in [-0.2, -0.15) is 0 Å². The molecule has 0 aromatic carbocycles. The van der Waals surface area contributed by atoms with Crippen molar-refractivity contribution >= 4 is 5.91 Å². The molecule has 95 heavy (non-hydrogen) atoms. The molecule has 17 atom stereocenters. The Morgan fingerprint density at radius 2 is 0.705 bits per heavy atom. The van der Waals surface area contributed by atoms with E-state index in [1.54, 1.807) is 6.08 Å². The monoisotopic (exact) mass is 1350 g/mol. The van der Waals surface area contributed by atoms with Crippen LogP contribution in [0, 0.1) is 0 Å². The van der Waals surface area contributed by atoms with Gasteiger partial charge in [-0.3, -0.25) is 4.79 Å². The second kappa shape index (κ2) is 57.4. The van der Waals surface area contributed by atoms with Crippen molar-refractivity contribution in [2.24, 2.45) is 0 Å². The van der Waals surface area contributed by atoms with Crippen molar-refractivity contribution in [3.05, 3.63) is 48.6 Å². The fraction of sp³-hybridized carbons (Fsp3) is 0.882. The number of aliphatic hydroxyl groups is 11. The first-order valence-corrected chi connectivity index (χ1v) is 38.4. The molecule has 0 aromatic rings. The first kappa shape index (κ1) is 87.0. The molecule has 3 aliphatic rings. The van der Waals surface area contributed by atoms with Crippen molar-refractivity contribution in [2.75, 3.05) is 26.4 Å². The molecule has 12 N–H and O–H groups in total. The molecule has 556 valence electrons. The summed E-state index contributed by atoms with van der Waals surface area (Å²) in [5.74, 6) is -0.292. The molecule has 0 saturated carbocycles. The maximum Gasteiger partial charge on any atom is 0.220 e. The lowest BCUT2D eigenvalue weighted by Gasteiger charge is -2.48. The quantitative estimate of drug-likeness (QED) is 0.0199. The number of allylic oxidation sites excluding steroid dienone is 7. The minimum Gasteiger partial charge on any atom is -0.394 e. The van der Waals surface area contributed by atoms with Crippen LogP contribution >= 0.6 is 0 Å². The van der Waals surface area contributed by atoms with Gasteiger partial charge in [-0.15, -0.1) is 0 Å². The van der Waals surface area contributed by atoms with Crippen molar-refractivity contribution in [1.29, 1.82) is 0 Å². The molecule has 0 bridgehead atoms. The minimum atomic E-state index is -1.98. The van der Waals surface area contributed by atoms with Gasteiger partial charge in [0.2, 0.25) is 5.91 Å². The molecular weight excluding hydrogens is 1210 g/mol. The van der Waals surface area contributed by atoms with Crippen LogP contribution in [0.1, 0.15) is 296 Å². The minimum absolute atomic E-state index is 0.226. The lowest BCUT2D eigenvalue weighted by molar-refractivity contribution is -0.379. The molecule has 3 heterocycles. The van der Waals surface area contributed by atoms with Crippen LogP contribution in [0.3, 0.4) is 0 Å². The first-order valence-electron chi connectivity index (χ1n) is 38.4. The number of amides is 1. The Hall–Kier alpha value is -2.25. The van der Waals surface area contributed by atoms with Gasteiger partial charge in [0.15, 0.2) is 18.9 Å². The predicted octanol–water partition coefficient (Wildman–Crippen LogP) is 11.7. The topological polar surface area (TPSA) is 307 Å². The van der Waals surface area contributed by atoms with E-state index in [-0.39, 0.29) is 18.9 Å². The SMILES string of the molecule is CCCCC/C=C\C/C=C\CCCCCCCCCC(=O)NC(COC1OC(CO)C(OC2OC(CO)C(OC3OC(CO)C(O)C(O)C3O)C(O)C2O)C(O)C1O)C(O)/C=C/CC/C=C/CCCCCCCCCCCCCCCCCCCCCCCCCCCCC. The van der Waals surface area contributed by atoms with E-state index in [4.69, 9.17) is 28.4 Å². The number of carbonyl (C=O) groups is 1. The Bertz CT molecular complexity index is 1910. The molecule has 3 aliphatic heterocycles. The zero-order valence-electron chi connectivity index (χ0n) is 59.2. The van der Waals surface area contributed by atoms with Crippen LogP contribution in [0.4, 0.5) is 0 Å². The molecule has 19 nitrogen and oxygen atoms in total. The normalized spacial score (nSPS) is 27.4. The number of nitrogens with one attached hydrogen (secondary N) is 1. The summed E-state index contributed by atoms with van der Waals surface area (Å²) in [6.45, 7) is 1.71. The molecule has 0 spiro atoms. The third-order valence-electron chi connectivity index (χ3n) is 19.1. The molecule has 17 unspecified atom stereocenters. The third kappa shape index (κ3) is 38.4. The van der Waals surface area contributed by atoms with Gasteiger partial charge in [0.05, 0.1) is 38.6 Å². The largest absolute Gasteiger partial charge is 0.394 e. The molecule has 3 rings (SSSR count). The van der Waals surface area contributed by atoms with Crippen LogP contribution in [0.2, 0.25) is 0 Å². The lowest BCUT2D eigenvalue weighted by atomic mass is 9.96. The maximum absolute atomic E-state index is 13.4. The van der Waals surface area contributed by atoms with E-state index < -0.39 is 124 Å². The Morgan fingerprint density at radius 1 is 0.379 bits per heavy atom. The van der Waals surface area contributed by atoms with Crippen LogP contribution in [0.5, 0.6) is 0 Å². The smallest absolute Gasteiger partial charge is 0.220 e. The Kier molecular flexibility index (Phi) is 52.5. The fourth-order valence-electron chi connectivity index (χ4n) is 12.9. The Labute approximate surface area is 573 Å². The first-order chi connectivity index (χ1) is 46.3. The zero-order valence-corrected chi connectivity index (χ0v) is 59.2. The molecule has 3 saturated heterocycles. The van der Waals surface area contributed by atoms with Gasteiger partial charge in [0, 0.05) is 6.42 Å². The maximum atomic E-state index is 13.4. The zero-order chi connectivity index (χ0) is 68.9. The van der Waals surface area contributed by atoms with Crippen LogP contribution in [0.15, 0.2) is 48.6 Å². The van der Waals surface area contributed by atoms with E-state index in [9.17, 15) is 61.0 Å². The Morgan fingerprint density at radius 3 is 1.14 bits per heavy atom. The van der Waals surface area contributed by atoms with E-state index in [1.165, 1.54) is 186 Å². The number of hydrogen-bond acceptors (Lipinski definition) is 18. The summed E-state index contributed by atoms with van der Waals surface area (Å²) in [7, 11) is 0. The highest BCUT2D eigenvalue weighted by molar-refractivity contribution is 5.76. The average Bonchev–Trinajstić information content (AvgIpc) is 0.787.